The Morgan fingerprint density at radius 3 is 2.41 bits per heavy atom. The van der Waals surface area contributed by atoms with Crippen molar-refractivity contribution in [3.8, 4) is 0 Å². The Kier molecular flexibility index (Phi) is 4.25. The maximum Gasteiger partial charge on any atom is 0.269 e. The molecule has 134 valence electrons. The van der Waals surface area contributed by atoms with Crippen molar-refractivity contribution in [3.63, 3.8) is 0 Å². The number of amidine groups is 1. The molecule has 27 heavy (non-hydrogen) atoms. The highest BCUT2D eigenvalue weighted by atomic mass is 32.1. The SMILES string of the molecule is O=C1NC(=S)N=C2NC(c3ccc([N+](=O)[O-])cc3)=CC(c3ccccc3)C12. The van der Waals surface area contributed by atoms with Gasteiger partial charge in [-0.15, -0.1) is 0 Å². The fraction of sp³-hybridized carbons (Fsp3) is 0.105. The Morgan fingerprint density at radius 2 is 1.74 bits per heavy atom. The molecule has 7 nitrogen and oxygen atoms in total. The molecule has 0 radical (unpaired) electrons. The standard InChI is InChI=1S/C19H14N4O3S/c24-18-16-14(11-4-2-1-3-5-11)10-15(20-17(16)21-19(27)22-18)12-6-8-13(9-7-12)23(25)26/h1-10,14,16H,(H2,20,21,22,24,27). The normalized spacial score (nSPS) is 21.3. The van der Waals surface area contributed by atoms with Gasteiger partial charge in [-0.3, -0.25) is 14.9 Å². The van der Waals surface area contributed by atoms with Gasteiger partial charge in [0.1, 0.15) is 11.8 Å². The fourth-order valence-electron chi connectivity index (χ4n) is 3.30. The molecule has 2 aromatic rings. The van der Waals surface area contributed by atoms with E-state index < -0.39 is 10.8 Å². The summed E-state index contributed by atoms with van der Waals surface area (Å²) in [6.07, 6.45) is 1.95. The predicted octanol–water partition coefficient (Wildman–Crippen LogP) is 2.75. The highest BCUT2D eigenvalue weighted by molar-refractivity contribution is 7.80. The lowest BCUT2D eigenvalue weighted by Crippen LogP contribution is -2.51. The molecule has 2 aliphatic rings. The number of fused-ring (bicyclic) bond motifs is 1. The fourth-order valence-corrected chi connectivity index (χ4v) is 3.50. The molecule has 2 unspecified atom stereocenters. The highest BCUT2D eigenvalue weighted by Crippen LogP contribution is 2.35. The minimum atomic E-state index is -0.513. The number of nitrogens with zero attached hydrogens (tertiary/aromatic N) is 2. The third-order valence-corrected chi connectivity index (χ3v) is 4.76. The number of non-ortho nitro benzene ring substituents is 1. The smallest absolute Gasteiger partial charge is 0.269 e. The van der Waals surface area contributed by atoms with Crippen LogP contribution in [0.2, 0.25) is 0 Å². The van der Waals surface area contributed by atoms with E-state index in [4.69, 9.17) is 12.2 Å². The number of benzene rings is 2. The molecule has 4 rings (SSSR count). The molecule has 2 aromatic carbocycles. The summed E-state index contributed by atoms with van der Waals surface area (Å²) in [6, 6.07) is 15.9. The molecule has 1 amide bonds. The average molecular weight is 378 g/mol. The van der Waals surface area contributed by atoms with Crippen LogP contribution in [0.5, 0.6) is 0 Å². The summed E-state index contributed by atoms with van der Waals surface area (Å²) < 4.78 is 0. The third kappa shape index (κ3) is 3.22. The number of carbonyl (C=O) groups is 1. The third-order valence-electron chi connectivity index (χ3n) is 4.57. The maximum atomic E-state index is 12.6. The van der Waals surface area contributed by atoms with E-state index in [1.165, 1.54) is 12.1 Å². The molecule has 0 aromatic heterocycles. The monoisotopic (exact) mass is 378 g/mol. The molecule has 2 N–H and O–H groups in total. The zero-order valence-electron chi connectivity index (χ0n) is 14.0. The van der Waals surface area contributed by atoms with Crippen molar-refractivity contribution >= 4 is 40.5 Å². The Morgan fingerprint density at radius 1 is 1.04 bits per heavy atom. The number of nitro groups is 1. The van der Waals surface area contributed by atoms with Gasteiger partial charge >= 0.3 is 0 Å². The van der Waals surface area contributed by atoms with Crippen molar-refractivity contribution in [2.45, 2.75) is 5.92 Å². The minimum absolute atomic E-state index is 0.0169. The molecule has 2 atom stereocenters. The lowest BCUT2D eigenvalue weighted by atomic mass is 9.80. The van der Waals surface area contributed by atoms with Crippen LogP contribution in [-0.2, 0) is 4.79 Å². The summed E-state index contributed by atoms with van der Waals surface area (Å²) in [5, 5.41) is 16.8. The Balaban J connectivity index is 1.80. The number of aliphatic imine (C=N–C) groups is 1. The number of allylic oxidation sites excluding steroid dienone is 1. The molecular weight excluding hydrogens is 364 g/mol. The number of nitro benzene ring substituents is 1. The van der Waals surface area contributed by atoms with Crippen molar-refractivity contribution in [1.82, 2.24) is 10.6 Å². The van der Waals surface area contributed by atoms with E-state index in [9.17, 15) is 14.9 Å². The summed E-state index contributed by atoms with van der Waals surface area (Å²) in [5.74, 6) is -0.473. The summed E-state index contributed by atoms with van der Waals surface area (Å²) in [5.41, 5.74) is 2.48. The van der Waals surface area contributed by atoms with Crippen LogP contribution in [0, 0.1) is 16.0 Å². The van der Waals surface area contributed by atoms with Crippen LogP contribution in [0.4, 0.5) is 5.69 Å². The molecule has 2 aliphatic heterocycles. The number of hydrogen-bond acceptors (Lipinski definition) is 5. The zero-order valence-corrected chi connectivity index (χ0v) is 14.8. The number of rotatable bonds is 3. The van der Waals surface area contributed by atoms with Gasteiger partial charge in [0.15, 0.2) is 0 Å². The number of hydrogen-bond donors (Lipinski definition) is 2. The van der Waals surface area contributed by atoms with Gasteiger partial charge in [0.2, 0.25) is 11.0 Å². The molecule has 0 aliphatic carbocycles. The van der Waals surface area contributed by atoms with Gasteiger partial charge in [-0.1, -0.05) is 36.4 Å². The van der Waals surface area contributed by atoms with E-state index in [2.05, 4.69) is 15.6 Å². The van der Waals surface area contributed by atoms with Crippen molar-refractivity contribution in [3.05, 3.63) is 81.9 Å². The van der Waals surface area contributed by atoms with Crippen LogP contribution in [0.1, 0.15) is 17.0 Å². The maximum absolute atomic E-state index is 12.6. The van der Waals surface area contributed by atoms with Gasteiger partial charge in [-0.2, -0.15) is 0 Å². The quantitative estimate of drug-likeness (QED) is 0.486. The van der Waals surface area contributed by atoms with Crippen LogP contribution in [0.15, 0.2) is 65.7 Å². The summed E-state index contributed by atoms with van der Waals surface area (Å²) in [6.45, 7) is 0. The predicted molar refractivity (Wildman–Crippen MR) is 105 cm³/mol. The van der Waals surface area contributed by atoms with E-state index in [-0.39, 0.29) is 22.6 Å². The van der Waals surface area contributed by atoms with Crippen LogP contribution in [0.25, 0.3) is 5.70 Å². The molecule has 0 fully saturated rings. The molecule has 2 heterocycles. The first kappa shape index (κ1) is 17.0. The number of nitrogens with one attached hydrogen (secondary N) is 2. The topological polar surface area (TPSA) is 96.6 Å². The van der Waals surface area contributed by atoms with Crippen molar-refractivity contribution in [2.24, 2.45) is 10.9 Å². The molecule has 0 saturated heterocycles. The first-order chi connectivity index (χ1) is 13.0. The van der Waals surface area contributed by atoms with Crippen molar-refractivity contribution in [1.29, 1.82) is 0 Å². The van der Waals surface area contributed by atoms with Crippen molar-refractivity contribution < 1.29 is 9.72 Å². The Labute approximate surface area is 160 Å². The molecule has 0 bridgehead atoms. The Hall–Kier alpha value is -3.39. The number of thiocarbonyl (C=S) groups is 1. The second kappa shape index (κ2) is 6.73. The first-order valence-corrected chi connectivity index (χ1v) is 8.66. The van der Waals surface area contributed by atoms with E-state index >= 15 is 0 Å². The van der Waals surface area contributed by atoms with Crippen molar-refractivity contribution in [2.75, 3.05) is 0 Å². The van der Waals surface area contributed by atoms with Gasteiger partial charge in [0, 0.05) is 23.7 Å². The summed E-state index contributed by atoms with van der Waals surface area (Å²) in [4.78, 5) is 27.3. The second-order valence-electron chi connectivity index (χ2n) is 6.21. The first-order valence-electron chi connectivity index (χ1n) is 8.25. The van der Waals surface area contributed by atoms with Crippen LogP contribution >= 0.6 is 12.2 Å². The summed E-state index contributed by atoms with van der Waals surface area (Å²) in [7, 11) is 0. The number of amides is 1. The van der Waals surface area contributed by atoms with Gasteiger partial charge in [0.25, 0.3) is 5.69 Å². The van der Waals surface area contributed by atoms with Crippen LogP contribution in [-0.4, -0.2) is 21.8 Å². The molecule has 0 spiro atoms. The highest BCUT2D eigenvalue weighted by Gasteiger charge is 2.39. The van der Waals surface area contributed by atoms with E-state index in [1.807, 2.05) is 36.4 Å². The van der Waals surface area contributed by atoms with Gasteiger partial charge < -0.3 is 10.6 Å². The number of carbonyl (C=O) groups excluding carboxylic acids is 1. The van der Waals surface area contributed by atoms with Gasteiger partial charge in [-0.25, -0.2) is 4.99 Å². The second-order valence-corrected chi connectivity index (χ2v) is 6.60. The lowest BCUT2D eigenvalue weighted by Gasteiger charge is -2.34. The molecule has 8 heteroatoms. The summed E-state index contributed by atoms with van der Waals surface area (Å²) >= 11 is 5.05. The molecular formula is C19H14N4O3S. The minimum Gasteiger partial charge on any atom is -0.343 e. The van der Waals surface area contributed by atoms with Gasteiger partial charge in [-0.05, 0) is 35.5 Å². The van der Waals surface area contributed by atoms with E-state index in [1.54, 1.807) is 12.1 Å². The molecule has 0 saturated carbocycles. The average Bonchev–Trinajstić information content (AvgIpc) is 2.67. The van der Waals surface area contributed by atoms with Gasteiger partial charge in [0.05, 0.1) is 4.92 Å². The van der Waals surface area contributed by atoms with E-state index in [0.29, 0.717) is 5.84 Å². The largest absolute Gasteiger partial charge is 0.343 e. The lowest BCUT2D eigenvalue weighted by molar-refractivity contribution is -0.384. The van der Waals surface area contributed by atoms with Crippen LogP contribution < -0.4 is 10.6 Å². The van der Waals surface area contributed by atoms with E-state index in [0.717, 1.165) is 16.8 Å². The Bertz CT molecular complexity index is 999. The zero-order chi connectivity index (χ0) is 19.0. The van der Waals surface area contributed by atoms with Crippen LogP contribution in [0.3, 0.4) is 0 Å².